The van der Waals surface area contributed by atoms with Crippen LogP contribution in [0.4, 0.5) is 0 Å². The number of hydrogen-bond donors (Lipinski definition) is 2. The minimum absolute atomic E-state index is 0.00537. The van der Waals surface area contributed by atoms with E-state index in [0.29, 0.717) is 19.1 Å². The van der Waals surface area contributed by atoms with E-state index in [-0.39, 0.29) is 11.2 Å². The average Bonchev–Trinajstić information content (AvgIpc) is 2.94. The van der Waals surface area contributed by atoms with Crippen molar-refractivity contribution < 1.29 is 9.00 Å². The first-order valence-electron chi connectivity index (χ1n) is 4.92. The maximum atomic E-state index is 11.2. The Balaban J connectivity index is 2.04. The van der Waals surface area contributed by atoms with E-state index in [1.165, 1.54) is 12.8 Å². The van der Waals surface area contributed by atoms with Gasteiger partial charge in [0, 0.05) is 34.9 Å². The molecule has 1 amide bonds. The van der Waals surface area contributed by atoms with E-state index in [9.17, 15) is 9.00 Å². The Kier molecular flexibility index (Phi) is 4.54. The molecule has 2 N–H and O–H groups in total. The minimum atomic E-state index is -0.862. The van der Waals surface area contributed by atoms with Gasteiger partial charge < -0.3 is 10.6 Å². The molecule has 0 aliphatic heterocycles. The summed E-state index contributed by atoms with van der Waals surface area (Å²) < 4.78 is 11.0. The standard InChI is InChI=1S/C9H18N2O2S/c1-7(14(2)13)5-11-9(12)6-10-8-3-4-8/h7-8,10H,3-6H2,1-2H3,(H,11,12). The number of hydrogen-bond acceptors (Lipinski definition) is 3. The van der Waals surface area contributed by atoms with Crippen LogP contribution < -0.4 is 10.6 Å². The lowest BCUT2D eigenvalue weighted by Crippen LogP contribution is -2.38. The van der Waals surface area contributed by atoms with Crippen LogP contribution in [0.2, 0.25) is 0 Å². The lowest BCUT2D eigenvalue weighted by Gasteiger charge is -2.10. The fourth-order valence-corrected chi connectivity index (χ4v) is 1.28. The van der Waals surface area contributed by atoms with Gasteiger partial charge in [0.2, 0.25) is 5.91 Å². The number of carbonyl (C=O) groups is 1. The van der Waals surface area contributed by atoms with Crippen LogP contribution in [0.3, 0.4) is 0 Å². The molecule has 0 radical (unpaired) electrons. The van der Waals surface area contributed by atoms with Crippen LogP contribution in [0.5, 0.6) is 0 Å². The Labute approximate surface area is 87.3 Å². The second-order valence-corrected chi connectivity index (χ2v) is 5.57. The average molecular weight is 218 g/mol. The van der Waals surface area contributed by atoms with Gasteiger partial charge in [-0.3, -0.25) is 9.00 Å². The van der Waals surface area contributed by atoms with Crippen LogP contribution in [0.25, 0.3) is 0 Å². The summed E-state index contributed by atoms with van der Waals surface area (Å²) in [5.74, 6) is -0.00537. The van der Waals surface area contributed by atoms with Crippen molar-refractivity contribution in [3.8, 4) is 0 Å². The minimum Gasteiger partial charge on any atom is -0.354 e. The highest BCUT2D eigenvalue weighted by Crippen LogP contribution is 2.17. The van der Waals surface area contributed by atoms with Crippen molar-refractivity contribution in [1.29, 1.82) is 0 Å². The van der Waals surface area contributed by atoms with E-state index < -0.39 is 10.8 Å². The summed E-state index contributed by atoms with van der Waals surface area (Å²) in [6.07, 6.45) is 4.02. The molecule has 2 unspecified atom stereocenters. The number of nitrogens with one attached hydrogen (secondary N) is 2. The maximum absolute atomic E-state index is 11.2. The quantitative estimate of drug-likeness (QED) is 0.639. The highest BCUT2D eigenvalue weighted by molar-refractivity contribution is 7.84. The van der Waals surface area contributed by atoms with E-state index in [4.69, 9.17) is 0 Å². The zero-order chi connectivity index (χ0) is 10.6. The van der Waals surface area contributed by atoms with Crippen LogP contribution >= 0.6 is 0 Å². The highest BCUT2D eigenvalue weighted by Gasteiger charge is 2.21. The Hall–Kier alpha value is -0.420. The molecule has 2 atom stereocenters. The van der Waals surface area contributed by atoms with Gasteiger partial charge in [0.05, 0.1) is 6.54 Å². The van der Waals surface area contributed by atoms with Crippen molar-refractivity contribution in [2.24, 2.45) is 0 Å². The molecule has 0 aromatic rings. The fraction of sp³-hybridized carbons (Fsp3) is 0.889. The van der Waals surface area contributed by atoms with Gasteiger partial charge in [-0.2, -0.15) is 0 Å². The molecule has 1 fully saturated rings. The Morgan fingerprint density at radius 3 is 2.71 bits per heavy atom. The van der Waals surface area contributed by atoms with E-state index >= 15 is 0 Å². The maximum Gasteiger partial charge on any atom is 0.234 e. The fourth-order valence-electron chi connectivity index (χ4n) is 0.962. The van der Waals surface area contributed by atoms with E-state index in [1.54, 1.807) is 6.26 Å². The Morgan fingerprint density at radius 1 is 1.57 bits per heavy atom. The third-order valence-corrected chi connectivity index (χ3v) is 3.58. The van der Waals surface area contributed by atoms with Crippen molar-refractivity contribution in [2.45, 2.75) is 31.1 Å². The molecule has 0 aromatic carbocycles. The second kappa shape index (κ2) is 5.46. The van der Waals surface area contributed by atoms with Gasteiger partial charge in [-0.05, 0) is 19.8 Å². The second-order valence-electron chi connectivity index (χ2n) is 3.77. The molecule has 1 aliphatic rings. The normalized spacial score (nSPS) is 20.1. The summed E-state index contributed by atoms with van der Waals surface area (Å²) >= 11 is 0. The largest absolute Gasteiger partial charge is 0.354 e. The molecule has 0 saturated heterocycles. The molecule has 4 nitrogen and oxygen atoms in total. The summed E-state index contributed by atoms with van der Waals surface area (Å²) in [4.78, 5) is 11.2. The zero-order valence-corrected chi connectivity index (χ0v) is 9.52. The van der Waals surface area contributed by atoms with Gasteiger partial charge in [0.1, 0.15) is 0 Å². The summed E-state index contributed by atoms with van der Waals surface area (Å²) in [5, 5.41) is 5.90. The SMILES string of the molecule is CC(CNC(=O)CNC1CC1)S(C)=O. The van der Waals surface area contributed by atoms with Crippen molar-refractivity contribution in [3.05, 3.63) is 0 Å². The van der Waals surface area contributed by atoms with Gasteiger partial charge in [0.25, 0.3) is 0 Å². The summed E-state index contributed by atoms with van der Waals surface area (Å²) in [6.45, 7) is 2.74. The lowest BCUT2D eigenvalue weighted by atomic mass is 10.4. The van der Waals surface area contributed by atoms with Crippen LogP contribution in [0, 0.1) is 0 Å². The molecule has 0 bridgehead atoms. The van der Waals surface area contributed by atoms with Gasteiger partial charge in [-0.25, -0.2) is 0 Å². The summed E-state index contributed by atoms with van der Waals surface area (Å²) in [6, 6.07) is 0.554. The Bertz CT molecular complexity index is 229. The predicted octanol–water partition coefficient (Wildman–Crippen LogP) is -0.378. The third kappa shape index (κ3) is 4.72. The number of rotatable bonds is 6. The van der Waals surface area contributed by atoms with E-state index in [0.717, 1.165) is 0 Å². The van der Waals surface area contributed by atoms with Crippen LogP contribution in [0.1, 0.15) is 19.8 Å². The molecule has 0 spiro atoms. The molecule has 0 heterocycles. The molecule has 0 aromatic heterocycles. The molecule has 14 heavy (non-hydrogen) atoms. The predicted molar refractivity (Wildman–Crippen MR) is 57.6 cm³/mol. The number of amides is 1. The highest BCUT2D eigenvalue weighted by atomic mass is 32.2. The van der Waals surface area contributed by atoms with Crippen molar-refractivity contribution in [3.63, 3.8) is 0 Å². The van der Waals surface area contributed by atoms with Crippen molar-refractivity contribution in [1.82, 2.24) is 10.6 Å². The first-order valence-corrected chi connectivity index (χ1v) is 6.54. The molecular weight excluding hydrogens is 200 g/mol. The summed E-state index contributed by atoms with van der Waals surface area (Å²) in [5.41, 5.74) is 0. The first kappa shape index (κ1) is 11.7. The van der Waals surface area contributed by atoms with Gasteiger partial charge in [0.15, 0.2) is 0 Å². The van der Waals surface area contributed by atoms with Gasteiger partial charge in [-0.1, -0.05) is 0 Å². The van der Waals surface area contributed by atoms with Crippen LogP contribution in [-0.4, -0.2) is 40.8 Å². The summed E-state index contributed by atoms with van der Waals surface area (Å²) in [7, 11) is -0.862. The molecular formula is C9H18N2O2S. The number of carbonyl (C=O) groups excluding carboxylic acids is 1. The Morgan fingerprint density at radius 2 is 2.21 bits per heavy atom. The lowest BCUT2D eigenvalue weighted by molar-refractivity contribution is -0.120. The van der Waals surface area contributed by atoms with Crippen LogP contribution in [0.15, 0.2) is 0 Å². The molecule has 82 valence electrons. The van der Waals surface area contributed by atoms with E-state index in [1.807, 2.05) is 6.92 Å². The van der Waals surface area contributed by atoms with Crippen LogP contribution in [-0.2, 0) is 15.6 Å². The first-order chi connectivity index (χ1) is 6.59. The molecule has 1 rings (SSSR count). The molecule has 1 saturated carbocycles. The molecule has 5 heteroatoms. The van der Waals surface area contributed by atoms with Gasteiger partial charge >= 0.3 is 0 Å². The van der Waals surface area contributed by atoms with Crippen molar-refractivity contribution in [2.75, 3.05) is 19.3 Å². The topological polar surface area (TPSA) is 58.2 Å². The third-order valence-electron chi connectivity index (χ3n) is 2.28. The van der Waals surface area contributed by atoms with Crippen molar-refractivity contribution >= 4 is 16.7 Å². The van der Waals surface area contributed by atoms with Gasteiger partial charge in [-0.15, -0.1) is 0 Å². The smallest absolute Gasteiger partial charge is 0.234 e. The van der Waals surface area contributed by atoms with E-state index in [2.05, 4.69) is 10.6 Å². The monoisotopic (exact) mass is 218 g/mol. The molecule has 1 aliphatic carbocycles. The zero-order valence-electron chi connectivity index (χ0n) is 8.71.